The Morgan fingerprint density at radius 2 is 1.88 bits per heavy atom. The largest absolute Gasteiger partial charge is 0.494 e. The molecule has 1 rings (SSSR count). The Bertz CT molecular complexity index is 299. The van der Waals surface area contributed by atoms with E-state index in [4.69, 9.17) is 4.74 Å². The van der Waals surface area contributed by atoms with E-state index in [1.807, 2.05) is 11.8 Å². The summed E-state index contributed by atoms with van der Waals surface area (Å²) >= 11 is 1.92. The lowest BCUT2D eigenvalue weighted by atomic mass is 10.3. The van der Waals surface area contributed by atoms with Crippen LogP contribution in [-0.2, 0) is 0 Å². The van der Waals surface area contributed by atoms with Crippen LogP contribution in [0.5, 0.6) is 5.75 Å². The minimum Gasteiger partial charge on any atom is -0.494 e. The van der Waals surface area contributed by atoms with Crippen LogP contribution in [0, 0.1) is 0 Å². The Hall–Kier alpha value is -0.630. The van der Waals surface area contributed by atoms with Crippen molar-refractivity contribution >= 4 is 11.8 Å². The summed E-state index contributed by atoms with van der Waals surface area (Å²) in [5.41, 5.74) is 0. The van der Waals surface area contributed by atoms with Crippen LogP contribution < -0.4 is 4.74 Å². The summed E-state index contributed by atoms with van der Waals surface area (Å²) in [5, 5.41) is 0. The van der Waals surface area contributed by atoms with Crippen LogP contribution in [0.1, 0.15) is 46.0 Å². The summed E-state index contributed by atoms with van der Waals surface area (Å²) in [4.78, 5) is 1.33. The van der Waals surface area contributed by atoms with E-state index in [9.17, 15) is 0 Å². The van der Waals surface area contributed by atoms with Crippen molar-refractivity contribution in [1.29, 1.82) is 0 Å². The standard InChI is InChI=1S/C15H24OS/c1-3-5-7-11-16-14-9-8-10-15(13-14)17-12-6-4-2/h8-10,13H,3-7,11-12H2,1-2H3. The number of rotatable bonds is 9. The van der Waals surface area contributed by atoms with Gasteiger partial charge in [-0.3, -0.25) is 0 Å². The first kappa shape index (κ1) is 14.4. The number of ether oxygens (including phenoxy) is 1. The van der Waals surface area contributed by atoms with Gasteiger partial charge in [0, 0.05) is 4.90 Å². The molecule has 0 radical (unpaired) electrons. The molecule has 0 saturated carbocycles. The lowest BCUT2D eigenvalue weighted by molar-refractivity contribution is 0.305. The summed E-state index contributed by atoms with van der Waals surface area (Å²) in [7, 11) is 0. The van der Waals surface area contributed by atoms with Gasteiger partial charge in [0.2, 0.25) is 0 Å². The van der Waals surface area contributed by atoms with E-state index >= 15 is 0 Å². The summed E-state index contributed by atoms with van der Waals surface area (Å²) in [6.45, 7) is 5.29. The maximum atomic E-state index is 5.74. The average Bonchev–Trinajstić information content (AvgIpc) is 2.36. The second kappa shape index (κ2) is 9.41. The first-order valence-corrected chi connectivity index (χ1v) is 7.71. The Morgan fingerprint density at radius 3 is 2.65 bits per heavy atom. The molecule has 1 nitrogen and oxygen atoms in total. The molecule has 1 aromatic rings. The molecule has 0 amide bonds. The van der Waals surface area contributed by atoms with Crippen LogP contribution in [0.3, 0.4) is 0 Å². The van der Waals surface area contributed by atoms with Gasteiger partial charge in [-0.2, -0.15) is 0 Å². The van der Waals surface area contributed by atoms with Gasteiger partial charge in [0.05, 0.1) is 6.61 Å². The summed E-state index contributed by atoms with van der Waals surface area (Å²) in [6, 6.07) is 8.46. The lowest BCUT2D eigenvalue weighted by Crippen LogP contribution is -1.96. The Balaban J connectivity index is 2.31. The molecule has 17 heavy (non-hydrogen) atoms. The number of hydrogen-bond donors (Lipinski definition) is 0. The number of hydrogen-bond acceptors (Lipinski definition) is 2. The van der Waals surface area contributed by atoms with Crippen molar-refractivity contribution in [2.75, 3.05) is 12.4 Å². The fraction of sp³-hybridized carbons (Fsp3) is 0.600. The molecule has 1 aromatic carbocycles. The first-order chi connectivity index (χ1) is 8.36. The number of unbranched alkanes of at least 4 members (excludes halogenated alkanes) is 3. The molecular weight excluding hydrogens is 228 g/mol. The minimum absolute atomic E-state index is 0.844. The smallest absolute Gasteiger partial charge is 0.120 e. The van der Waals surface area contributed by atoms with Crippen molar-refractivity contribution in [3.05, 3.63) is 24.3 Å². The van der Waals surface area contributed by atoms with Gasteiger partial charge in [-0.1, -0.05) is 39.2 Å². The molecule has 0 atom stereocenters. The van der Waals surface area contributed by atoms with E-state index < -0.39 is 0 Å². The Labute approximate surface area is 110 Å². The fourth-order valence-corrected chi connectivity index (χ4v) is 2.57. The predicted molar refractivity (Wildman–Crippen MR) is 77.1 cm³/mol. The van der Waals surface area contributed by atoms with Crippen LogP contribution in [0.25, 0.3) is 0 Å². The van der Waals surface area contributed by atoms with Crippen molar-refractivity contribution in [1.82, 2.24) is 0 Å². The highest BCUT2D eigenvalue weighted by molar-refractivity contribution is 7.99. The van der Waals surface area contributed by atoms with Crippen LogP contribution in [0.2, 0.25) is 0 Å². The van der Waals surface area contributed by atoms with E-state index in [1.165, 1.54) is 36.3 Å². The molecular formula is C15H24OS. The van der Waals surface area contributed by atoms with Gasteiger partial charge in [0.1, 0.15) is 5.75 Å². The van der Waals surface area contributed by atoms with E-state index in [0.29, 0.717) is 0 Å². The average molecular weight is 252 g/mol. The Morgan fingerprint density at radius 1 is 1.06 bits per heavy atom. The van der Waals surface area contributed by atoms with Crippen LogP contribution in [-0.4, -0.2) is 12.4 Å². The van der Waals surface area contributed by atoms with E-state index in [2.05, 4.69) is 38.1 Å². The zero-order chi connectivity index (χ0) is 12.3. The molecule has 96 valence electrons. The van der Waals surface area contributed by atoms with E-state index in [1.54, 1.807) is 0 Å². The maximum absolute atomic E-state index is 5.74. The highest BCUT2D eigenvalue weighted by atomic mass is 32.2. The molecule has 0 unspecified atom stereocenters. The third kappa shape index (κ3) is 6.62. The molecule has 2 heteroatoms. The van der Waals surface area contributed by atoms with Crippen molar-refractivity contribution in [2.45, 2.75) is 50.8 Å². The van der Waals surface area contributed by atoms with Crippen LogP contribution in [0.15, 0.2) is 29.2 Å². The van der Waals surface area contributed by atoms with Gasteiger partial charge in [-0.15, -0.1) is 11.8 Å². The van der Waals surface area contributed by atoms with Gasteiger partial charge in [0.15, 0.2) is 0 Å². The molecule has 0 spiro atoms. The zero-order valence-corrected chi connectivity index (χ0v) is 11.9. The Kier molecular flexibility index (Phi) is 7.98. The fourth-order valence-electron chi connectivity index (χ4n) is 1.53. The zero-order valence-electron chi connectivity index (χ0n) is 11.1. The SMILES string of the molecule is CCCCCOc1cccc(SCCCC)c1. The molecule has 0 bridgehead atoms. The second-order valence-electron chi connectivity index (χ2n) is 4.23. The molecule has 0 fully saturated rings. The van der Waals surface area contributed by atoms with Crippen molar-refractivity contribution < 1.29 is 4.74 Å². The van der Waals surface area contributed by atoms with E-state index in [-0.39, 0.29) is 0 Å². The quantitative estimate of drug-likeness (QED) is 0.444. The maximum Gasteiger partial charge on any atom is 0.120 e. The molecule has 0 aliphatic rings. The highest BCUT2D eigenvalue weighted by Crippen LogP contribution is 2.24. The summed E-state index contributed by atoms with van der Waals surface area (Å²) in [6.07, 6.45) is 6.21. The van der Waals surface area contributed by atoms with Gasteiger partial charge in [-0.25, -0.2) is 0 Å². The highest BCUT2D eigenvalue weighted by Gasteiger charge is 1.97. The third-order valence-corrected chi connectivity index (χ3v) is 3.67. The molecule has 0 saturated heterocycles. The minimum atomic E-state index is 0.844. The molecule has 0 N–H and O–H groups in total. The van der Waals surface area contributed by atoms with Crippen molar-refractivity contribution in [3.63, 3.8) is 0 Å². The lowest BCUT2D eigenvalue weighted by Gasteiger charge is -2.07. The monoisotopic (exact) mass is 252 g/mol. The second-order valence-corrected chi connectivity index (χ2v) is 5.40. The number of benzene rings is 1. The normalized spacial score (nSPS) is 10.5. The van der Waals surface area contributed by atoms with Gasteiger partial charge >= 0.3 is 0 Å². The van der Waals surface area contributed by atoms with Crippen LogP contribution in [0.4, 0.5) is 0 Å². The third-order valence-electron chi connectivity index (χ3n) is 2.59. The first-order valence-electron chi connectivity index (χ1n) is 6.72. The summed E-state index contributed by atoms with van der Waals surface area (Å²) in [5.74, 6) is 2.22. The molecule has 0 aliphatic heterocycles. The van der Waals surface area contributed by atoms with Gasteiger partial charge in [-0.05, 0) is 36.8 Å². The van der Waals surface area contributed by atoms with Crippen LogP contribution >= 0.6 is 11.8 Å². The molecule has 0 heterocycles. The van der Waals surface area contributed by atoms with Crippen molar-refractivity contribution in [3.8, 4) is 5.75 Å². The molecule has 0 aliphatic carbocycles. The predicted octanol–water partition coefficient (Wildman–Crippen LogP) is 5.15. The van der Waals surface area contributed by atoms with Gasteiger partial charge < -0.3 is 4.74 Å². The van der Waals surface area contributed by atoms with Crippen molar-refractivity contribution in [2.24, 2.45) is 0 Å². The topological polar surface area (TPSA) is 9.23 Å². The number of thioether (sulfide) groups is 1. The summed E-state index contributed by atoms with van der Waals surface area (Å²) < 4.78 is 5.74. The van der Waals surface area contributed by atoms with E-state index in [0.717, 1.165) is 18.8 Å². The van der Waals surface area contributed by atoms with Gasteiger partial charge in [0.25, 0.3) is 0 Å². The molecule has 0 aromatic heterocycles.